The zero-order valence-corrected chi connectivity index (χ0v) is 10.4. The Balaban J connectivity index is 4.19. The van der Waals surface area contributed by atoms with Gasteiger partial charge in [0.2, 0.25) is 5.91 Å². The third kappa shape index (κ3) is 5.55. The average Bonchev–Trinajstić information content (AvgIpc) is 2.15. The molecule has 0 saturated carbocycles. The summed E-state index contributed by atoms with van der Waals surface area (Å²) in [7, 11) is 1.61. The summed E-state index contributed by atoms with van der Waals surface area (Å²) in [6.07, 6.45) is 0. The Morgan fingerprint density at radius 1 is 1.50 bits per heavy atom. The Labute approximate surface area is 96.4 Å². The predicted molar refractivity (Wildman–Crippen MR) is 63.9 cm³/mol. The Kier molecular flexibility index (Phi) is 5.81. The van der Waals surface area contributed by atoms with Crippen molar-refractivity contribution in [3.63, 3.8) is 0 Å². The van der Waals surface area contributed by atoms with Gasteiger partial charge in [0, 0.05) is 13.2 Å². The molecule has 6 nitrogen and oxygen atoms in total. The van der Waals surface area contributed by atoms with Crippen LogP contribution < -0.4 is 16.8 Å². The SMILES string of the molecule is COCC(C)NC(N)=NCC(C)(C)C(N)=O. The van der Waals surface area contributed by atoms with Crippen LogP contribution in [-0.2, 0) is 9.53 Å². The molecular weight excluding hydrogens is 208 g/mol. The Morgan fingerprint density at radius 3 is 2.50 bits per heavy atom. The minimum Gasteiger partial charge on any atom is -0.383 e. The second-order valence-electron chi connectivity index (χ2n) is 4.45. The maximum absolute atomic E-state index is 11.0. The molecule has 0 bridgehead atoms. The molecule has 0 aliphatic heterocycles. The number of rotatable bonds is 6. The van der Waals surface area contributed by atoms with Gasteiger partial charge < -0.3 is 21.5 Å². The lowest BCUT2D eigenvalue weighted by Gasteiger charge is -2.18. The highest BCUT2D eigenvalue weighted by Crippen LogP contribution is 2.13. The van der Waals surface area contributed by atoms with Crippen molar-refractivity contribution in [3.8, 4) is 0 Å². The normalized spacial score (nSPS) is 14.6. The molecule has 0 fully saturated rings. The number of primary amides is 1. The minimum absolute atomic E-state index is 0.0745. The third-order valence-corrected chi connectivity index (χ3v) is 2.12. The zero-order chi connectivity index (χ0) is 12.8. The summed E-state index contributed by atoms with van der Waals surface area (Å²) in [5.74, 6) is -0.104. The van der Waals surface area contributed by atoms with Crippen molar-refractivity contribution in [1.82, 2.24) is 5.32 Å². The largest absolute Gasteiger partial charge is 0.383 e. The number of ether oxygens (including phenoxy) is 1. The van der Waals surface area contributed by atoms with Crippen molar-refractivity contribution in [2.45, 2.75) is 26.8 Å². The van der Waals surface area contributed by atoms with Crippen LogP contribution in [-0.4, -0.2) is 38.2 Å². The Bertz CT molecular complexity index is 264. The fourth-order valence-corrected chi connectivity index (χ4v) is 0.950. The van der Waals surface area contributed by atoms with E-state index in [-0.39, 0.29) is 12.6 Å². The number of methoxy groups -OCH3 is 1. The lowest BCUT2D eigenvalue weighted by atomic mass is 9.93. The van der Waals surface area contributed by atoms with E-state index >= 15 is 0 Å². The zero-order valence-electron chi connectivity index (χ0n) is 10.4. The first-order chi connectivity index (χ1) is 7.29. The number of nitrogens with two attached hydrogens (primary N) is 2. The van der Waals surface area contributed by atoms with Crippen molar-refractivity contribution in [2.75, 3.05) is 20.3 Å². The molecule has 0 aliphatic carbocycles. The van der Waals surface area contributed by atoms with Gasteiger partial charge in [-0.15, -0.1) is 0 Å². The topological polar surface area (TPSA) is 103 Å². The van der Waals surface area contributed by atoms with Gasteiger partial charge >= 0.3 is 0 Å². The summed E-state index contributed by atoms with van der Waals surface area (Å²) in [6, 6.07) is 0.0745. The van der Waals surface area contributed by atoms with E-state index in [0.29, 0.717) is 12.6 Å². The van der Waals surface area contributed by atoms with Crippen molar-refractivity contribution < 1.29 is 9.53 Å². The number of carbonyl (C=O) groups excluding carboxylic acids is 1. The highest BCUT2D eigenvalue weighted by Gasteiger charge is 2.24. The monoisotopic (exact) mass is 230 g/mol. The molecule has 5 N–H and O–H groups in total. The molecule has 0 radical (unpaired) electrons. The molecule has 0 saturated heterocycles. The molecule has 0 aliphatic rings. The Hall–Kier alpha value is -1.30. The van der Waals surface area contributed by atoms with E-state index in [4.69, 9.17) is 16.2 Å². The molecule has 94 valence electrons. The third-order valence-electron chi connectivity index (χ3n) is 2.12. The summed E-state index contributed by atoms with van der Waals surface area (Å²) < 4.78 is 4.94. The van der Waals surface area contributed by atoms with Crippen LogP contribution in [0.4, 0.5) is 0 Å². The van der Waals surface area contributed by atoms with Crippen LogP contribution in [0.2, 0.25) is 0 Å². The van der Waals surface area contributed by atoms with Crippen LogP contribution in [0.3, 0.4) is 0 Å². The summed E-state index contributed by atoms with van der Waals surface area (Å²) in [6.45, 7) is 6.18. The van der Waals surface area contributed by atoms with E-state index in [9.17, 15) is 4.79 Å². The van der Waals surface area contributed by atoms with Crippen LogP contribution >= 0.6 is 0 Å². The number of hydrogen-bond donors (Lipinski definition) is 3. The predicted octanol–water partition coefficient (Wildman–Crippen LogP) is -0.563. The number of carbonyl (C=O) groups is 1. The first kappa shape index (κ1) is 14.7. The first-order valence-corrected chi connectivity index (χ1v) is 5.15. The molecule has 0 rings (SSSR count). The van der Waals surface area contributed by atoms with Gasteiger partial charge in [-0.05, 0) is 20.8 Å². The number of guanidine groups is 1. The van der Waals surface area contributed by atoms with Crippen LogP contribution in [0.25, 0.3) is 0 Å². The van der Waals surface area contributed by atoms with Crippen LogP contribution in [0.5, 0.6) is 0 Å². The fourth-order valence-electron chi connectivity index (χ4n) is 0.950. The van der Waals surface area contributed by atoms with Crippen molar-refractivity contribution in [2.24, 2.45) is 21.9 Å². The summed E-state index contributed by atoms with van der Waals surface area (Å²) in [4.78, 5) is 15.1. The molecule has 0 aromatic heterocycles. The van der Waals surface area contributed by atoms with Gasteiger partial charge in [0.05, 0.1) is 18.6 Å². The second kappa shape index (κ2) is 6.32. The van der Waals surface area contributed by atoms with Gasteiger partial charge in [-0.3, -0.25) is 9.79 Å². The van der Waals surface area contributed by atoms with Gasteiger partial charge in [0.1, 0.15) is 0 Å². The number of nitrogens with zero attached hydrogens (tertiary/aromatic N) is 1. The van der Waals surface area contributed by atoms with E-state index in [2.05, 4.69) is 10.3 Å². The summed E-state index contributed by atoms with van der Waals surface area (Å²) in [5, 5.41) is 2.94. The molecule has 0 spiro atoms. The van der Waals surface area contributed by atoms with Crippen molar-refractivity contribution in [1.29, 1.82) is 0 Å². The highest BCUT2D eigenvalue weighted by molar-refractivity contribution is 5.82. The van der Waals surface area contributed by atoms with Crippen molar-refractivity contribution in [3.05, 3.63) is 0 Å². The molecule has 0 aromatic rings. The van der Waals surface area contributed by atoms with E-state index in [0.717, 1.165) is 0 Å². The maximum Gasteiger partial charge on any atom is 0.224 e. The van der Waals surface area contributed by atoms with Gasteiger partial charge in [-0.25, -0.2) is 0 Å². The number of nitrogens with one attached hydrogen (secondary N) is 1. The lowest BCUT2D eigenvalue weighted by Crippen LogP contribution is -2.42. The first-order valence-electron chi connectivity index (χ1n) is 5.15. The van der Waals surface area contributed by atoms with E-state index in [1.165, 1.54) is 0 Å². The standard InChI is InChI=1S/C10H22N4O2/c1-7(5-16-4)14-9(12)13-6-10(2,3)8(11)15/h7H,5-6H2,1-4H3,(H2,11,15)(H3,12,13,14). The van der Waals surface area contributed by atoms with Gasteiger partial charge in [0.25, 0.3) is 0 Å². The van der Waals surface area contributed by atoms with Crippen LogP contribution in [0.1, 0.15) is 20.8 Å². The van der Waals surface area contributed by atoms with E-state index in [1.54, 1.807) is 21.0 Å². The quantitative estimate of drug-likeness (QED) is 0.420. The molecule has 1 unspecified atom stereocenters. The Morgan fingerprint density at radius 2 is 2.06 bits per heavy atom. The second-order valence-corrected chi connectivity index (χ2v) is 4.45. The maximum atomic E-state index is 11.0. The molecule has 6 heteroatoms. The number of aliphatic imine (C=N–C) groups is 1. The van der Waals surface area contributed by atoms with Crippen molar-refractivity contribution >= 4 is 11.9 Å². The summed E-state index contributed by atoms with van der Waals surface area (Å²) >= 11 is 0. The highest BCUT2D eigenvalue weighted by atomic mass is 16.5. The smallest absolute Gasteiger partial charge is 0.224 e. The lowest BCUT2D eigenvalue weighted by molar-refractivity contribution is -0.125. The molecule has 16 heavy (non-hydrogen) atoms. The van der Waals surface area contributed by atoms with Crippen LogP contribution in [0.15, 0.2) is 4.99 Å². The summed E-state index contributed by atoms with van der Waals surface area (Å²) in [5.41, 5.74) is 10.2. The average molecular weight is 230 g/mol. The molecule has 0 heterocycles. The van der Waals surface area contributed by atoms with Gasteiger partial charge in [0.15, 0.2) is 5.96 Å². The van der Waals surface area contributed by atoms with Gasteiger partial charge in [-0.1, -0.05) is 0 Å². The number of amides is 1. The molecule has 1 amide bonds. The molecule has 0 aromatic carbocycles. The van der Waals surface area contributed by atoms with E-state index in [1.807, 2.05) is 6.92 Å². The minimum atomic E-state index is -0.684. The number of hydrogen-bond acceptors (Lipinski definition) is 3. The molecular formula is C10H22N4O2. The van der Waals surface area contributed by atoms with Gasteiger partial charge in [-0.2, -0.15) is 0 Å². The molecule has 1 atom stereocenters. The fraction of sp³-hybridized carbons (Fsp3) is 0.800. The van der Waals surface area contributed by atoms with E-state index < -0.39 is 11.3 Å². The van der Waals surface area contributed by atoms with Crippen LogP contribution in [0, 0.1) is 5.41 Å².